The molecule has 0 saturated heterocycles. The highest BCUT2D eigenvalue weighted by Crippen LogP contribution is 2.27. The van der Waals surface area contributed by atoms with E-state index in [1.165, 1.54) is 16.7 Å². The van der Waals surface area contributed by atoms with Crippen LogP contribution in [0.3, 0.4) is 0 Å². The number of carbonyl (C=O) groups excluding carboxylic acids is 2. The van der Waals surface area contributed by atoms with Crippen molar-refractivity contribution in [3.05, 3.63) is 65.7 Å². The number of carbonyl (C=O) groups is 2. The Balaban J connectivity index is 1.53. The number of amides is 2. The highest BCUT2D eigenvalue weighted by molar-refractivity contribution is 7.99. The van der Waals surface area contributed by atoms with Crippen molar-refractivity contribution in [2.24, 2.45) is 7.05 Å². The molecule has 0 aliphatic carbocycles. The van der Waals surface area contributed by atoms with E-state index in [1.807, 2.05) is 41.9 Å². The SMILES string of the molecule is Cn1c(SCN2C(=O)c3ccccc3C2=O)nnc1-c1ccccc1. The first-order chi connectivity index (χ1) is 12.2. The molecule has 124 valence electrons. The van der Waals surface area contributed by atoms with E-state index in [0.29, 0.717) is 16.3 Å². The van der Waals surface area contributed by atoms with Gasteiger partial charge in [0.1, 0.15) is 0 Å². The summed E-state index contributed by atoms with van der Waals surface area (Å²) in [6.07, 6.45) is 0. The molecule has 1 aliphatic heterocycles. The molecule has 6 nitrogen and oxygen atoms in total. The van der Waals surface area contributed by atoms with Crippen molar-refractivity contribution in [1.29, 1.82) is 0 Å². The summed E-state index contributed by atoms with van der Waals surface area (Å²) in [5.74, 6) is 0.412. The molecular weight excluding hydrogens is 336 g/mol. The van der Waals surface area contributed by atoms with Gasteiger partial charge in [0.15, 0.2) is 11.0 Å². The number of hydrogen-bond acceptors (Lipinski definition) is 5. The highest BCUT2D eigenvalue weighted by Gasteiger charge is 2.35. The van der Waals surface area contributed by atoms with Crippen molar-refractivity contribution >= 4 is 23.6 Å². The van der Waals surface area contributed by atoms with E-state index in [9.17, 15) is 9.59 Å². The van der Waals surface area contributed by atoms with Crippen LogP contribution in [0, 0.1) is 0 Å². The smallest absolute Gasteiger partial charge is 0.262 e. The Labute approximate surface area is 148 Å². The Morgan fingerprint density at radius 2 is 1.48 bits per heavy atom. The lowest BCUT2D eigenvalue weighted by atomic mass is 10.1. The largest absolute Gasteiger partial charge is 0.305 e. The van der Waals surface area contributed by atoms with Crippen molar-refractivity contribution in [3.8, 4) is 11.4 Å². The summed E-state index contributed by atoms with van der Waals surface area (Å²) in [6.45, 7) is 0. The maximum absolute atomic E-state index is 12.4. The quantitative estimate of drug-likeness (QED) is 0.535. The number of imide groups is 1. The van der Waals surface area contributed by atoms with Crippen LogP contribution in [-0.2, 0) is 7.05 Å². The Bertz CT molecular complexity index is 933. The van der Waals surface area contributed by atoms with E-state index in [1.54, 1.807) is 24.3 Å². The van der Waals surface area contributed by atoms with Gasteiger partial charge in [0.05, 0.1) is 17.0 Å². The van der Waals surface area contributed by atoms with Crippen LogP contribution in [0.5, 0.6) is 0 Å². The monoisotopic (exact) mass is 350 g/mol. The summed E-state index contributed by atoms with van der Waals surface area (Å²) in [7, 11) is 1.87. The van der Waals surface area contributed by atoms with Crippen LogP contribution in [0.1, 0.15) is 20.7 Å². The summed E-state index contributed by atoms with van der Waals surface area (Å²) in [5, 5.41) is 9.04. The summed E-state index contributed by atoms with van der Waals surface area (Å²) in [4.78, 5) is 26.0. The fourth-order valence-electron chi connectivity index (χ4n) is 2.76. The zero-order valence-electron chi connectivity index (χ0n) is 13.4. The molecule has 1 aromatic heterocycles. The minimum absolute atomic E-state index is 0.201. The van der Waals surface area contributed by atoms with E-state index >= 15 is 0 Å². The van der Waals surface area contributed by atoms with Gasteiger partial charge >= 0.3 is 0 Å². The molecule has 0 unspecified atom stereocenters. The first kappa shape index (κ1) is 15.6. The second-order valence-corrected chi connectivity index (χ2v) is 6.50. The molecule has 0 bridgehead atoms. The summed E-state index contributed by atoms with van der Waals surface area (Å²) in [6, 6.07) is 16.6. The van der Waals surface area contributed by atoms with Crippen LogP contribution in [0.25, 0.3) is 11.4 Å². The predicted octanol–water partition coefficient (Wildman–Crippen LogP) is 2.83. The lowest BCUT2D eigenvalue weighted by Gasteiger charge is -2.12. The second-order valence-electron chi connectivity index (χ2n) is 5.59. The average molecular weight is 350 g/mol. The van der Waals surface area contributed by atoms with Crippen molar-refractivity contribution in [2.75, 3.05) is 5.88 Å². The van der Waals surface area contributed by atoms with Gasteiger partial charge in [-0.25, -0.2) is 0 Å². The molecule has 0 spiro atoms. The number of benzene rings is 2. The number of aromatic nitrogens is 3. The molecule has 0 atom stereocenters. The van der Waals surface area contributed by atoms with Crippen molar-refractivity contribution in [3.63, 3.8) is 0 Å². The van der Waals surface area contributed by atoms with E-state index in [2.05, 4.69) is 10.2 Å². The van der Waals surface area contributed by atoms with Gasteiger partial charge in [-0.05, 0) is 12.1 Å². The van der Waals surface area contributed by atoms with Gasteiger partial charge in [0.2, 0.25) is 0 Å². The number of rotatable bonds is 4. The number of hydrogen-bond donors (Lipinski definition) is 0. The molecule has 1 aliphatic rings. The van der Waals surface area contributed by atoms with Crippen molar-refractivity contribution in [1.82, 2.24) is 19.7 Å². The van der Waals surface area contributed by atoms with Crippen LogP contribution < -0.4 is 0 Å². The van der Waals surface area contributed by atoms with E-state index in [4.69, 9.17) is 0 Å². The fraction of sp³-hybridized carbons (Fsp3) is 0.111. The zero-order valence-corrected chi connectivity index (χ0v) is 14.2. The van der Waals surface area contributed by atoms with Crippen LogP contribution in [0.4, 0.5) is 0 Å². The first-order valence-electron chi connectivity index (χ1n) is 7.69. The standard InChI is InChI=1S/C18H14N4O2S/c1-21-15(12-7-3-2-4-8-12)19-20-18(21)25-11-22-16(23)13-9-5-6-10-14(13)17(22)24/h2-10H,11H2,1H3. The lowest BCUT2D eigenvalue weighted by molar-refractivity contribution is 0.0684. The third-order valence-electron chi connectivity index (χ3n) is 4.07. The first-order valence-corrected chi connectivity index (χ1v) is 8.68. The molecule has 2 heterocycles. The second kappa shape index (κ2) is 6.18. The Morgan fingerprint density at radius 3 is 2.12 bits per heavy atom. The number of nitrogens with zero attached hydrogens (tertiary/aromatic N) is 4. The Morgan fingerprint density at radius 1 is 0.880 bits per heavy atom. The third-order valence-corrected chi connectivity index (χ3v) is 5.07. The topological polar surface area (TPSA) is 68.1 Å². The molecule has 0 radical (unpaired) electrons. The van der Waals surface area contributed by atoms with Gasteiger partial charge in [-0.2, -0.15) is 0 Å². The molecule has 0 N–H and O–H groups in total. The van der Waals surface area contributed by atoms with Crippen LogP contribution in [-0.4, -0.2) is 37.4 Å². The van der Waals surface area contributed by atoms with E-state index in [-0.39, 0.29) is 17.7 Å². The molecule has 7 heteroatoms. The van der Waals surface area contributed by atoms with Crippen LogP contribution in [0.15, 0.2) is 59.8 Å². The molecule has 0 saturated carbocycles. The third kappa shape index (κ3) is 2.62. The molecule has 0 fully saturated rings. The molecule has 4 rings (SSSR count). The van der Waals surface area contributed by atoms with Gasteiger partial charge in [-0.15, -0.1) is 10.2 Å². The molecule has 25 heavy (non-hydrogen) atoms. The zero-order chi connectivity index (χ0) is 17.4. The van der Waals surface area contributed by atoms with Gasteiger partial charge < -0.3 is 4.57 Å². The average Bonchev–Trinajstić information content (AvgIpc) is 3.13. The molecule has 3 aromatic rings. The molecular formula is C18H14N4O2S. The minimum atomic E-state index is -0.265. The molecule has 2 amide bonds. The number of thioether (sulfide) groups is 1. The van der Waals surface area contributed by atoms with Crippen molar-refractivity contribution < 1.29 is 9.59 Å². The maximum atomic E-state index is 12.4. The van der Waals surface area contributed by atoms with Gasteiger partial charge in [-0.3, -0.25) is 14.5 Å². The number of fused-ring (bicyclic) bond motifs is 1. The van der Waals surface area contributed by atoms with E-state index in [0.717, 1.165) is 11.4 Å². The van der Waals surface area contributed by atoms with Crippen LogP contribution in [0.2, 0.25) is 0 Å². The van der Waals surface area contributed by atoms with Gasteiger partial charge in [-0.1, -0.05) is 54.2 Å². The summed E-state index contributed by atoms with van der Waals surface area (Å²) in [5.41, 5.74) is 1.87. The summed E-state index contributed by atoms with van der Waals surface area (Å²) < 4.78 is 1.86. The Hall–Kier alpha value is -2.93. The maximum Gasteiger partial charge on any atom is 0.262 e. The highest BCUT2D eigenvalue weighted by atomic mass is 32.2. The minimum Gasteiger partial charge on any atom is -0.305 e. The van der Waals surface area contributed by atoms with E-state index < -0.39 is 0 Å². The van der Waals surface area contributed by atoms with Gasteiger partial charge in [0, 0.05) is 12.6 Å². The summed E-state index contributed by atoms with van der Waals surface area (Å²) >= 11 is 1.31. The predicted molar refractivity (Wildman–Crippen MR) is 94.1 cm³/mol. The Kier molecular flexibility index (Phi) is 3.85. The lowest BCUT2D eigenvalue weighted by Crippen LogP contribution is -2.29. The van der Waals surface area contributed by atoms with Crippen LogP contribution >= 0.6 is 11.8 Å². The van der Waals surface area contributed by atoms with Gasteiger partial charge in [0.25, 0.3) is 11.8 Å². The fourth-order valence-corrected chi connectivity index (χ4v) is 3.62. The van der Waals surface area contributed by atoms with Crippen molar-refractivity contribution in [2.45, 2.75) is 5.16 Å². The molecule has 2 aromatic carbocycles. The normalized spacial score (nSPS) is 13.4.